The molecule has 3 rings (SSSR count). The summed E-state index contributed by atoms with van der Waals surface area (Å²) in [7, 11) is 0. The summed E-state index contributed by atoms with van der Waals surface area (Å²) in [5.74, 6) is 0. The molecule has 1 N–H and O–H groups in total. The fraction of sp³-hybridized carbons (Fsp3) is 0.556. The number of cyclic esters (lactones) is 1. The zero-order chi connectivity index (χ0) is 18.7. The summed E-state index contributed by atoms with van der Waals surface area (Å²) in [6, 6.07) is 5.24. The van der Waals surface area contributed by atoms with Gasteiger partial charge in [0.05, 0.1) is 6.54 Å². The van der Waals surface area contributed by atoms with E-state index in [2.05, 4.69) is 5.32 Å². The van der Waals surface area contributed by atoms with Crippen LogP contribution < -0.4 is 5.32 Å². The predicted molar refractivity (Wildman–Crippen MR) is 101 cm³/mol. The first-order chi connectivity index (χ1) is 12.5. The zero-order valence-corrected chi connectivity index (χ0v) is 16.2. The second-order valence-electron chi connectivity index (χ2n) is 6.68. The van der Waals surface area contributed by atoms with Crippen molar-refractivity contribution < 1.29 is 14.3 Å². The molecule has 2 aliphatic rings. The van der Waals surface area contributed by atoms with Gasteiger partial charge in [0, 0.05) is 35.7 Å². The highest BCUT2D eigenvalue weighted by Gasteiger charge is 2.37. The van der Waals surface area contributed by atoms with Gasteiger partial charge in [0.2, 0.25) is 0 Å². The Morgan fingerprint density at radius 2 is 2.04 bits per heavy atom. The molecule has 1 unspecified atom stereocenters. The van der Waals surface area contributed by atoms with E-state index < -0.39 is 0 Å². The molecule has 2 aliphatic heterocycles. The number of nitrogens with zero attached hydrogens (tertiary/aromatic N) is 2. The van der Waals surface area contributed by atoms with Crippen LogP contribution in [0.15, 0.2) is 18.2 Å². The van der Waals surface area contributed by atoms with Crippen LogP contribution in [-0.4, -0.2) is 53.7 Å². The number of likely N-dealkylation sites (tertiary alicyclic amines) is 1. The summed E-state index contributed by atoms with van der Waals surface area (Å²) in [6.07, 6.45) is 2.13. The van der Waals surface area contributed by atoms with Crippen LogP contribution in [-0.2, 0) is 11.3 Å². The second kappa shape index (κ2) is 8.35. The Morgan fingerprint density at radius 3 is 2.65 bits per heavy atom. The number of hydrogen-bond acceptors (Lipinski definition) is 3. The molecule has 0 aromatic heterocycles. The molecule has 0 spiro atoms. The molecule has 1 aromatic rings. The Balaban J connectivity index is 1.47. The first kappa shape index (κ1) is 19.1. The minimum Gasteiger partial charge on any atom is -0.444 e. The number of urea groups is 1. The van der Waals surface area contributed by atoms with Crippen LogP contribution >= 0.6 is 23.2 Å². The predicted octanol–water partition coefficient (Wildman–Crippen LogP) is 3.90. The van der Waals surface area contributed by atoms with Gasteiger partial charge in [-0.05, 0) is 37.0 Å². The van der Waals surface area contributed by atoms with Gasteiger partial charge in [0.1, 0.15) is 6.10 Å². The SMILES string of the molecule is CCC1CN(C2CCN(C(=O)NCc3ccc(Cl)cc3Cl)CC2)C(=O)O1. The fourth-order valence-corrected chi connectivity index (χ4v) is 3.86. The summed E-state index contributed by atoms with van der Waals surface area (Å²) in [6.45, 7) is 4.25. The Kier molecular flexibility index (Phi) is 6.14. The summed E-state index contributed by atoms with van der Waals surface area (Å²) >= 11 is 12.0. The van der Waals surface area contributed by atoms with Crippen LogP contribution in [0.4, 0.5) is 9.59 Å². The van der Waals surface area contributed by atoms with Crippen molar-refractivity contribution >= 4 is 35.3 Å². The fourth-order valence-electron chi connectivity index (χ4n) is 3.38. The third kappa shape index (κ3) is 4.35. The van der Waals surface area contributed by atoms with E-state index in [1.807, 2.05) is 11.8 Å². The van der Waals surface area contributed by atoms with Gasteiger partial charge in [-0.3, -0.25) is 0 Å². The maximum absolute atomic E-state index is 12.4. The third-order valence-electron chi connectivity index (χ3n) is 5.00. The van der Waals surface area contributed by atoms with E-state index in [1.54, 1.807) is 23.1 Å². The topological polar surface area (TPSA) is 61.9 Å². The number of piperidine rings is 1. The summed E-state index contributed by atoms with van der Waals surface area (Å²) in [5.41, 5.74) is 0.824. The van der Waals surface area contributed by atoms with Gasteiger partial charge in [0.15, 0.2) is 0 Å². The quantitative estimate of drug-likeness (QED) is 0.834. The number of carbonyl (C=O) groups excluding carboxylic acids is 2. The van der Waals surface area contributed by atoms with Gasteiger partial charge in [-0.1, -0.05) is 36.2 Å². The van der Waals surface area contributed by atoms with Crippen LogP contribution in [0.3, 0.4) is 0 Å². The van der Waals surface area contributed by atoms with E-state index in [0.717, 1.165) is 24.8 Å². The van der Waals surface area contributed by atoms with Crippen LogP contribution in [0, 0.1) is 0 Å². The van der Waals surface area contributed by atoms with Crippen molar-refractivity contribution in [3.05, 3.63) is 33.8 Å². The number of ether oxygens (including phenoxy) is 1. The van der Waals surface area contributed by atoms with E-state index in [-0.39, 0.29) is 24.3 Å². The molecular formula is C18H23Cl2N3O3. The van der Waals surface area contributed by atoms with E-state index >= 15 is 0 Å². The number of hydrogen-bond donors (Lipinski definition) is 1. The van der Waals surface area contributed by atoms with Gasteiger partial charge in [-0.15, -0.1) is 0 Å². The lowest BCUT2D eigenvalue weighted by Gasteiger charge is -2.35. The van der Waals surface area contributed by atoms with Crippen molar-refractivity contribution in [3.63, 3.8) is 0 Å². The number of nitrogens with one attached hydrogen (secondary N) is 1. The smallest absolute Gasteiger partial charge is 0.410 e. The zero-order valence-electron chi connectivity index (χ0n) is 14.7. The summed E-state index contributed by atoms with van der Waals surface area (Å²) < 4.78 is 5.33. The second-order valence-corrected chi connectivity index (χ2v) is 7.52. The first-order valence-corrected chi connectivity index (χ1v) is 9.67. The van der Waals surface area contributed by atoms with Gasteiger partial charge in [-0.25, -0.2) is 9.59 Å². The molecule has 142 valence electrons. The summed E-state index contributed by atoms with van der Waals surface area (Å²) in [5, 5.41) is 4.00. The first-order valence-electron chi connectivity index (χ1n) is 8.92. The molecule has 0 bridgehead atoms. The van der Waals surface area contributed by atoms with Crippen molar-refractivity contribution in [3.8, 4) is 0 Å². The van der Waals surface area contributed by atoms with Crippen molar-refractivity contribution in [2.24, 2.45) is 0 Å². The third-order valence-corrected chi connectivity index (χ3v) is 5.58. The van der Waals surface area contributed by atoms with E-state index in [9.17, 15) is 9.59 Å². The molecule has 6 nitrogen and oxygen atoms in total. The molecule has 2 saturated heterocycles. The number of carbonyl (C=O) groups is 2. The van der Waals surface area contributed by atoms with Crippen LogP contribution in [0.1, 0.15) is 31.7 Å². The number of benzene rings is 1. The number of rotatable bonds is 4. The molecule has 3 amide bonds. The monoisotopic (exact) mass is 399 g/mol. The molecule has 0 aliphatic carbocycles. The van der Waals surface area contributed by atoms with E-state index in [0.29, 0.717) is 36.2 Å². The lowest BCUT2D eigenvalue weighted by atomic mass is 10.0. The molecule has 2 fully saturated rings. The van der Waals surface area contributed by atoms with Gasteiger partial charge in [0.25, 0.3) is 0 Å². The molecule has 1 aromatic carbocycles. The average molecular weight is 400 g/mol. The van der Waals surface area contributed by atoms with Gasteiger partial charge >= 0.3 is 12.1 Å². The minimum atomic E-state index is -0.225. The van der Waals surface area contributed by atoms with Crippen molar-refractivity contribution in [1.29, 1.82) is 0 Å². The molecule has 8 heteroatoms. The molecule has 2 heterocycles. The Bertz CT molecular complexity index is 678. The van der Waals surface area contributed by atoms with Crippen molar-refractivity contribution in [1.82, 2.24) is 15.1 Å². The maximum Gasteiger partial charge on any atom is 0.410 e. The highest BCUT2D eigenvalue weighted by Crippen LogP contribution is 2.24. The highest BCUT2D eigenvalue weighted by atomic mass is 35.5. The van der Waals surface area contributed by atoms with Crippen LogP contribution in [0.5, 0.6) is 0 Å². The molecule has 26 heavy (non-hydrogen) atoms. The maximum atomic E-state index is 12.4. The molecule has 0 saturated carbocycles. The van der Waals surface area contributed by atoms with Gasteiger partial charge in [-0.2, -0.15) is 0 Å². The number of halogens is 2. The Hall–Kier alpha value is -1.66. The largest absolute Gasteiger partial charge is 0.444 e. The normalized spacial score (nSPS) is 21.0. The Labute approximate surface area is 163 Å². The lowest BCUT2D eigenvalue weighted by Crippen LogP contribution is -2.49. The molecule has 0 radical (unpaired) electrons. The van der Waals surface area contributed by atoms with Crippen molar-refractivity contribution in [2.75, 3.05) is 19.6 Å². The molecular weight excluding hydrogens is 377 g/mol. The highest BCUT2D eigenvalue weighted by molar-refractivity contribution is 6.35. The average Bonchev–Trinajstić information content (AvgIpc) is 3.02. The van der Waals surface area contributed by atoms with E-state index in [4.69, 9.17) is 27.9 Å². The van der Waals surface area contributed by atoms with Crippen LogP contribution in [0.25, 0.3) is 0 Å². The summed E-state index contributed by atoms with van der Waals surface area (Å²) in [4.78, 5) is 27.9. The Morgan fingerprint density at radius 1 is 1.31 bits per heavy atom. The minimum absolute atomic E-state index is 0.00653. The molecule has 1 atom stereocenters. The van der Waals surface area contributed by atoms with Crippen LogP contribution in [0.2, 0.25) is 10.0 Å². The standard InChI is InChI=1S/C18H23Cl2N3O3/c1-2-15-11-23(18(25)26-15)14-5-7-22(8-6-14)17(24)21-10-12-3-4-13(19)9-16(12)20/h3-4,9,14-15H,2,5-8,10-11H2,1H3,(H,21,24). The lowest BCUT2D eigenvalue weighted by molar-refractivity contribution is 0.115. The van der Waals surface area contributed by atoms with E-state index in [1.165, 1.54) is 0 Å². The number of amides is 3. The van der Waals surface area contributed by atoms with Crippen molar-refractivity contribution in [2.45, 2.75) is 44.9 Å². The van der Waals surface area contributed by atoms with Gasteiger partial charge < -0.3 is 19.9 Å².